The summed E-state index contributed by atoms with van der Waals surface area (Å²) in [4.78, 5) is 21.3. The van der Waals surface area contributed by atoms with Crippen LogP contribution in [0.1, 0.15) is 47.6 Å². The highest BCUT2D eigenvalue weighted by atomic mass is 16.2. The molecule has 1 N–H and O–H groups in total. The van der Waals surface area contributed by atoms with Crippen molar-refractivity contribution in [1.82, 2.24) is 14.9 Å². The fourth-order valence-corrected chi connectivity index (χ4v) is 2.93. The standard InChI is InChI=1S/C18H23N3O/c1-13(2)3-4-14-5-6-15-7-10-21(12-16(15)11-14)18(22)17-19-8-9-20-17/h5-6,8-9,11,13H,3-4,7,10,12H2,1-2H3,(H,19,20). The average Bonchev–Trinajstić information content (AvgIpc) is 3.05. The van der Waals surface area contributed by atoms with Gasteiger partial charge < -0.3 is 9.88 Å². The Labute approximate surface area is 131 Å². The Bertz CT molecular complexity index is 646. The van der Waals surface area contributed by atoms with Crippen LogP contribution in [0.5, 0.6) is 0 Å². The lowest BCUT2D eigenvalue weighted by atomic mass is 9.94. The van der Waals surface area contributed by atoms with E-state index in [0.29, 0.717) is 18.3 Å². The molecular weight excluding hydrogens is 274 g/mol. The molecule has 0 fully saturated rings. The normalized spacial score (nSPS) is 14.2. The number of benzene rings is 1. The van der Waals surface area contributed by atoms with Crippen molar-refractivity contribution in [3.05, 3.63) is 53.1 Å². The molecule has 4 nitrogen and oxygen atoms in total. The first-order valence-corrected chi connectivity index (χ1v) is 8.03. The molecule has 1 aromatic heterocycles. The Morgan fingerprint density at radius 3 is 2.95 bits per heavy atom. The van der Waals surface area contributed by atoms with Crippen molar-refractivity contribution >= 4 is 5.91 Å². The van der Waals surface area contributed by atoms with Crippen molar-refractivity contribution < 1.29 is 4.79 Å². The van der Waals surface area contributed by atoms with Gasteiger partial charge in [-0.05, 0) is 41.9 Å². The third kappa shape index (κ3) is 3.21. The number of aryl methyl sites for hydroxylation is 1. The summed E-state index contributed by atoms with van der Waals surface area (Å²) in [5, 5.41) is 0. The average molecular weight is 297 g/mol. The molecule has 0 spiro atoms. The third-order valence-corrected chi connectivity index (χ3v) is 4.28. The number of carbonyl (C=O) groups is 1. The van der Waals surface area contributed by atoms with Crippen molar-refractivity contribution in [3.63, 3.8) is 0 Å². The molecule has 0 aliphatic carbocycles. The Balaban J connectivity index is 1.73. The first-order valence-electron chi connectivity index (χ1n) is 8.03. The molecule has 1 aromatic carbocycles. The molecule has 0 atom stereocenters. The molecule has 2 aromatic rings. The van der Waals surface area contributed by atoms with E-state index in [1.54, 1.807) is 12.4 Å². The minimum atomic E-state index is -0.0109. The number of nitrogens with one attached hydrogen (secondary N) is 1. The number of H-pyrrole nitrogens is 1. The second kappa shape index (κ2) is 6.34. The van der Waals surface area contributed by atoms with Crippen LogP contribution in [0.25, 0.3) is 0 Å². The monoisotopic (exact) mass is 297 g/mol. The van der Waals surface area contributed by atoms with Gasteiger partial charge in [-0.1, -0.05) is 32.0 Å². The van der Waals surface area contributed by atoms with Crippen molar-refractivity contribution in [2.75, 3.05) is 6.54 Å². The van der Waals surface area contributed by atoms with Crippen LogP contribution in [0.15, 0.2) is 30.6 Å². The summed E-state index contributed by atoms with van der Waals surface area (Å²) in [7, 11) is 0. The number of nitrogens with zero attached hydrogens (tertiary/aromatic N) is 2. The summed E-state index contributed by atoms with van der Waals surface area (Å²) in [6, 6.07) is 6.75. The van der Waals surface area contributed by atoms with E-state index in [1.807, 2.05) is 4.90 Å². The number of hydrogen-bond acceptors (Lipinski definition) is 2. The molecule has 0 saturated heterocycles. The molecular formula is C18H23N3O. The SMILES string of the molecule is CC(C)CCc1ccc2c(c1)CN(C(=O)c1ncc[nH]1)CC2. The van der Waals surface area contributed by atoms with Crippen molar-refractivity contribution in [2.45, 2.75) is 39.7 Å². The summed E-state index contributed by atoms with van der Waals surface area (Å²) in [6.45, 7) is 5.95. The predicted molar refractivity (Wildman–Crippen MR) is 86.6 cm³/mol. The van der Waals surface area contributed by atoms with E-state index in [2.05, 4.69) is 42.0 Å². The largest absolute Gasteiger partial charge is 0.341 e. The summed E-state index contributed by atoms with van der Waals surface area (Å²) >= 11 is 0. The van der Waals surface area contributed by atoms with Crippen LogP contribution >= 0.6 is 0 Å². The Kier molecular flexibility index (Phi) is 4.27. The lowest BCUT2D eigenvalue weighted by molar-refractivity contribution is 0.0723. The van der Waals surface area contributed by atoms with E-state index in [1.165, 1.54) is 23.1 Å². The zero-order chi connectivity index (χ0) is 15.5. The highest BCUT2D eigenvalue weighted by Gasteiger charge is 2.23. The maximum atomic E-state index is 12.4. The van der Waals surface area contributed by atoms with Gasteiger partial charge in [0.2, 0.25) is 0 Å². The number of hydrogen-bond donors (Lipinski definition) is 1. The van der Waals surface area contributed by atoms with E-state index in [0.717, 1.165) is 19.4 Å². The molecule has 22 heavy (non-hydrogen) atoms. The quantitative estimate of drug-likeness (QED) is 0.942. The number of rotatable bonds is 4. The van der Waals surface area contributed by atoms with Gasteiger partial charge in [0.05, 0.1) is 0 Å². The van der Waals surface area contributed by atoms with Gasteiger partial charge in [-0.25, -0.2) is 4.98 Å². The smallest absolute Gasteiger partial charge is 0.289 e. The summed E-state index contributed by atoms with van der Waals surface area (Å²) in [6.07, 6.45) is 6.54. The van der Waals surface area contributed by atoms with Crippen LogP contribution in [0.2, 0.25) is 0 Å². The predicted octanol–water partition coefficient (Wildman–Crippen LogP) is 3.20. The Morgan fingerprint density at radius 1 is 1.36 bits per heavy atom. The lowest BCUT2D eigenvalue weighted by Gasteiger charge is -2.28. The minimum absolute atomic E-state index is 0.0109. The number of aromatic nitrogens is 2. The fourth-order valence-electron chi connectivity index (χ4n) is 2.93. The molecule has 116 valence electrons. The molecule has 1 amide bonds. The van der Waals surface area contributed by atoms with E-state index < -0.39 is 0 Å². The topological polar surface area (TPSA) is 49.0 Å². The number of aromatic amines is 1. The van der Waals surface area contributed by atoms with Crippen LogP contribution in [-0.4, -0.2) is 27.3 Å². The molecule has 0 unspecified atom stereocenters. The van der Waals surface area contributed by atoms with Gasteiger partial charge in [-0.15, -0.1) is 0 Å². The molecule has 0 radical (unpaired) electrons. The molecule has 1 aliphatic heterocycles. The van der Waals surface area contributed by atoms with E-state index >= 15 is 0 Å². The molecule has 4 heteroatoms. The van der Waals surface area contributed by atoms with Gasteiger partial charge >= 0.3 is 0 Å². The van der Waals surface area contributed by atoms with Crippen LogP contribution < -0.4 is 0 Å². The van der Waals surface area contributed by atoms with Crippen LogP contribution in [-0.2, 0) is 19.4 Å². The van der Waals surface area contributed by atoms with Gasteiger partial charge in [0.25, 0.3) is 5.91 Å². The van der Waals surface area contributed by atoms with E-state index in [-0.39, 0.29) is 5.91 Å². The maximum Gasteiger partial charge on any atom is 0.289 e. The third-order valence-electron chi connectivity index (χ3n) is 4.28. The zero-order valence-corrected chi connectivity index (χ0v) is 13.3. The van der Waals surface area contributed by atoms with E-state index in [9.17, 15) is 4.79 Å². The second-order valence-electron chi connectivity index (χ2n) is 6.45. The lowest BCUT2D eigenvalue weighted by Crippen LogP contribution is -2.36. The number of amides is 1. The molecule has 3 rings (SSSR count). The maximum absolute atomic E-state index is 12.4. The van der Waals surface area contributed by atoms with Crippen LogP contribution in [0.3, 0.4) is 0 Å². The van der Waals surface area contributed by atoms with Gasteiger partial charge in [-0.2, -0.15) is 0 Å². The van der Waals surface area contributed by atoms with Crippen LogP contribution in [0.4, 0.5) is 0 Å². The Hall–Kier alpha value is -2.10. The fraction of sp³-hybridized carbons (Fsp3) is 0.444. The van der Waals surface area contributed by atoms with Crippen molar-refractivity contribution in [3.8, 4) is 0 Å². The molecule has 0 saturated carbocycles. The number of fused-ring (bicyclic) bond motifs is 1. The summed E-state index contributed by atoms with van der Waals surface area (Å²) in [5.41, 5.74) is 4.03. The van der Waals surface area contributed by atoms with Crippen molar-refractivity contribution in [1.29, 1.82) is 0 Å². The minimum Gasteiger partial charge on any atom is -0.341 e. The zero-order valence-electron chi connectivity index (χ0n) is 13.3. The first-order chi connectivity index (χ1) is 10.6. The van der Waals surface area contributed by atoms with Gasteiger partial charge in [0.15, 0.2) is 5.82 Å². The van der Waals surface area contributed by atoms with Gasteiger partial charge in [0.1, 0.15) is 0 Å². The second-order valence-corrected chi connectivity index (χ2v) is 6.45. The highest BCUT2D eigenvalue weighted by molar-refractivity contribution is 5.90. The Morgan fingerprint density at radius 2 is 2.23 bits per heavy atom. The summed E-state index contributed by atoms with van der Waals surface area (Å²) < 4.78 is 0. The van der Waals surface area contributed by atoms with Crippen LogP contribution in [0, 0.1) is 5.92 Å². The van der Waals surface area contributed by atoms with E-state index in [4.69, 9.17) is 0 Å². The first kappa shape index (κ1) is 14.8. The molecule has 2 heterocycles. The summed E-state index contributed by atoms with van der Waals surface area (Å²) in [5.74, 6) is 1.13. The molecule has 1 aliphatic rings. The molecule has 0 bridgehead atoms. The van der Waals surface area contributed by atoms with Gasteiger partial charge in [-0.3, -0.25) is 4.79 Å². The number of carbonyl (C=O) groups excluding carboxylic acids is 1. The van der Waals surface area contributed by atoms with Gasteiger partial charge in [0, 0.05) is 25.5 Å². The highest BCUT2D eigenvalue weighted by Crippen LogP contribution is 2.22. The van der Waals surface area contributed by atoms with Crippen molar-refractivity contribution in [2.24, 2.45) is 5.92 Å². The number of imidazole rings is 1.